The van der Waals surface area contributed by atoms with Gasteiger partial charge in [0, 0.05) is 5.79 Å². The van der Waals surface area contributed by atoms with Crippen molar-refractivity contribution in [2.45, 2.75) is 18.9 Å². The van der Waals surface area contributed by atoms with Crippen molar-refractivity contribution in [3.8, 4) is 0 Å². The van der Waals surface area contributed by atoms with E-state index >= 15 is 0 Å². The molecule has 0 saturated carbocycles. The third kappa shape index (κ3) is 2.38. The van der Waals surface area contributed by atoms with Gasteiger partial charge in [0.2, 0.25) is 0 Å². The minimum atomic E-state index is -0.688. The highest BCUT2D eigenvalue weighted by molar-refractivity contribution is 6.57. The van der Waals surface area contributed by atoms with E-state index in [-0.39, 0.29) is 5.79 Å². The van der Waals surface area contributed by atoms with E-state index in [1.165, 1.54) is 0 Å². The summed E-state index contributed by atoms with van der Waals surface area (Å²) in [5.74, 6) is -0.00926. The predicted octanol–water partition coefficient (Wildman–Crippen LogP) is -0.744. The third-order valence-corrected chi connectivity index (χ3v) is 2.31. The first-order chi connectivity index (χ1) is 2.64. The molecule has 0 amide bonds. The molecule has 0 heterocycles. The second-order valence-corrected chi connectivity index (χ2v) is 5.08. The summed E-state index contributed by atoms with van der Waals surface area (Å²) in [6, 6.07) is 0. The Morgan fingerprint density at radius 3 is 1.50 bits per heavy atom. The lowest BCUT2D eigenvalue weighted by Gasteiger charge is -2.04. The summed E-state index contributed by atoms with van der Waals surface area (Å²) in [7, 11) is -0.688. The molecule has 0 aliphatic rings. The summed E-state index contributed by atoms with van der Waals surface area (Å²) in [6.07, 6.45) is 0. The summed E-state index contributed by atoms with van der Waals surface area (Å²) in [5, 5.41) is 0. The zero-order valence-corrected chi connectivity index (χ0v) is 5.46. The Kier molecular flexibility index (Phi) is 2.39. The van der Waals surface area contributed by atoms with Gasteiger partial charge in [0.1, 0.15) is 0 Å². The largest absolute Gasteiger partial charge is 0.319 e. The van der Waals surface area contributed by atoms with Gasteiger partial charge in [-0.25, -0.2) is 0 Å². The van der Waals surface area contributed by atoms with Gasteiger partial charge in [-0.3, -0.25) is 0 Å². The summed E-state index contributed by atoms with van der Waals surface area (Å²) >= 11 is 0. The highest BCUT2D eigenvalue weighted by atomic mass is 28.3. The number of nitrogens with two attached hydrogens (primary N) is 2. The topological polar surface area (TPSA) is 52.0 Å². The maximum absolute atomic E-state index is 5.27. The van der Waals surface area contributed by atoms with Crippen molar-refractivity contribution in [3.05, 3.63) is 0 Å². The Hall–Kier alpha value is 0.137. The lowest BCUT2D eigenvalue weighted by atomic mass is 11.2. The molecule has 0 aromatic carbocycles. The van der Waals surface area contributed by atoms with E-state index in [1.54, 1.807) is 0 Å². The molecule has 0 bridgehead atoms. The molecule has 0 atom stereocenters. The molecule has 0 aliphatic heterocycles. The van der Waals surface area contributed by atoms with Crippen LogP contribution in [0.1, 0.15) is 0 Å². The summed E-state index contributed by atoms with van der Waals surface area (Å²) in [5.41, 5.74) is 10.5. The lowest BCUT2D eigenvalue weighted by Crippen LogP contribution is -2.42. The first kappa shape index (κ1) is 6.14. The van der Waals surface area contributed by atoms with Crippen LogP contribution >= 0.6 is 0 Å². The number of rotatable bonds is 1. The van der Waals surface area contributed by atoms with Gasteiger partial charge in [-0.05, 0) is 0 Å². The maximum atomic E-state index is 5.27. The van der Waals surface area contributed by atoms with Crippen molar-refractivity contribution >= 4 is 8.80 Å². The van der Waals surface area contributed by atoms with Crippen LogP contribution in [-0.4, -0.2) is 14.6 Å². The molecule has 0 fully saturated rings. The Morgan fingerprint density at radius 1 is 1.33 bits per heavy atom. The van der Waals surface area contributed by atoms with Crippen molar-refractivity contribution in [1.82, 2.24) is 0 Å². The minimum absolute atomic E-state index is 0.00926. The van der Waals surface area contributed by atoms with Crippen LogP contribution in [0, 0.1) is 0 Å². The number of hydrogen-bond donors (Lipinski definition) is 2. The van der Waals surface area contributed by atoms with Crippen LogP contribution in [0.25, 0.3) is 0 Å². The molecular formula is C3H12N2Si. The average molecular weight is 104 g/mol. The summed E-state index contributed by atoms with van der Waals surface area (Å²) in [4.78, 5) is 0. The quantitative estimate of drug-likeness (QED) is 0.340. The van der Waals surface area contributed by atoms with Gasteiger partial charge in [-0.15, -0.1) is 0 Å². The minimum Gasteiger partial charge on any atom is -0.319 e. The van der Waals surface area contributed by atoms with Crippen molar-refractivity contribution in [2.24, 2.45) is 11.5 Å². The molecule has 0 spiro atoms. The van der Waals surface area contributed by atoms with Gasteiger partial charge in [0.25, 0.3) is 0 Å². The second-order valence-electron chi connectivity index (χ2n) is 1.82. The fraction of sp³-hybridized carbons (Fsp3) is 1.00. The monoisotopic (exact) mass is 104 g/mol. The molecule has 6 heavy (non-hydrogen) atoms. The second kappa shape index (κ2) is 2.33. The van der Waals surface area contributed by atoms with Gasteiger partial charge in [0.05, 0.1) is 8.80 Å². The van der Waals surface area contributed by atoms with Crippen molar-refractivity contribution < 1.29 is 0 Å². The predicted molar refractivity (Wildman–Crippen MR) is 31.0 cm³/mol. The molecule has 0 rings (SSSR count). The molecule has 0 aromatic heterocycles. The van der Waals surface area contributed by atoms with E-state index in [1.807, 2.05) is 0 Å². The van der Waals surface area contributed by atoms with Crippen LogP contribution in [0.4, 0.5) is 0 Å². The average Bonchev–Trinajstić information content (AvgIpc) is 1.36. The van der Waals surface area contributed by atoms with Gasteiger partial charge in [-0.2, -0.15) is 0 Å². The van der Waals surface area contributed by atoms with E-state index < -0.39 is 8.80 Å². The summed E-state index contributed by atoms with van der Waals surface area (Å²) in [6.45, 7) is 4.26. The van der Waals surface area contributed by atoms with Crippen molar-refractivity contribution in [3.63, 3.8) is 0 Å². The highest BCUT2D eigenvalue weighted by Gasteiger charge is 1.98. The van der Waals surface area contributed by atoms with Gasteiger partial charge in [-0.1, -0.05) is 13.1 Å². The van der Waals surface area contributed by atoms with E-state index in [0.29, 0.717) is 0 Å². The molecule has 0 aromatic rings. The summed E-state index contributed by atoms with van der Waals surface area (Å²) < 4.78 is 0. The third-order valence-electron chi connectivity index (χ3n) is 0.770. The first-order valence-corrected chi connectivity index (χ1v) is 5.13. The van der Waals surface area contributed by atoms with Crippen LogP contribution in [-0.2, 0) is 0 Å². The standard InChI is InChI=1S/C3H12N2Si/c1-6(2)3(4)5/h3,6H,4-5H2,1-2H3. The molecule has 0 saturated heterocycles. The van der Waals surface area contributed by atoms with Gasteiger partial charge in [0.15, 0.2) is 0 Å². The molecule has 0 radical (unpaired) electrons. The smallest absolute Gasteiger partial charge is 0.0680 e. The molecule has 4 N–H and O–H groups in total. The Balaban J connectivity index is 2.99. The zero-order chi connectivity index (χ0) is 5.15. The molecule has 0 aliphatic carbocycles. The Morgan fingerprint density at radius 2 is 1.50 bits per heavy atom. The van der Waals surface area contributed by atoms with Crippen LogP contribution in [0.2, 0.25) is 13.1 Å². The van der Waals surface area contributed by atoms with Crippen LogP contribution in [0.3, 0.4) is 0 Å². The molecule has 38 valence electrons. The first-order valence-electron chi connectivity index (χ1n) is 2.15. The SMILES string of the molecule is C[SiH](C)C(N)N. The van der Waals surface area contributed by atoms with E-state index in [0.717, 1.165) is 0 Å². The normalized spacial score (nSPS) is 11.0. The fourth-order valence-corrected chi connectivity index (χ4v) is 0. The maximum Gasteiger partial charge on any atom is 0.0680 e. The Bertz CT molecular complexity index is 29.8. The van der Waals surface area contributed by atoms with Crippen LogP contribution < -0.4 is 11.5 Å². The fourth-order valence-electron chi connectivity index (χ4n) is 0. The van der Waals surface area contributed by atoms with E-state index in [4.69, 9.17) is 11.5 Å². The van der Waals surface area contributed by atoms with Crippen LogP contribution in [0.15, 0.2) is 0 Å². The van der Waals surface area contributed by atoms with E-state index in [9.17, 15) is 0 Å². The lowest BCUT2D eigenvalue weighted by molar-refractivity contribution is 0.943. The zero-order valence-electron chi connectivity index (χ0n) is 4.31. The van der Waals surface area contributed by atoms with Gasteiger partial charge >= 0.3 is 0 Å². The number of hydrogen-bond acceptors (Lipinski definition) is 2. The molecule has 0 unspecified atom stereocenters. The van der Waals surface area contributed by atoms with Crippen LogP contribution in [0.5, 0.6) is 0 Å². The molecule has 3 heteroatoms. The Labute approximate surface area is 40.1 Å². The highest BCUT2D eigenvalue weighted by Crippen LogP contribution is 1.75. The molecule has 2 nitrogen and oxygen atoms in total. The van der Waals surface area contributed by atoms with Crippen molar-refractivity contribution in [2.75, 3.05) is 0 Å². The van der Waals surface area contributed by atoms with Crippen molar-refractivity contribution in [1.29, 1.82) is 0 Å². The van der Waals surface area contributed by atoms with Gasteiger partial charge < -0.3 is 11.5 Å². The molecular weight excluding hydrogens is 92.1 g/mol. The van der Waals surface area contributed by atoms with E-state index in [2.05, 4.69) is 13.1 Å².